The van der Waals surface area contributed by atoms with Crippen molar-refractivity contribution in [3.05, 3.63) is 30.3 Å². The third-order valence-corrected chi connectivity index (χ3v) is 1.77. The Balaban J connectivity index is 2.53. The Bertz CT molecular complexity index is 274. The molecule has 1 aromatic carbocycles. The summed E-state index contributed by atoms with van der Waals surface area (Å²) < 4.78 is 0. The zero-order valence-electron chi connectivity index (χ0n) is 8.30. The summed E-state index contributed by atoms with van der Waals surface area (Å²) in [6.45, 7) is 3.34. The molecule has 0 aliphatic carbocycles. The summed E-state index contributed by atoms with van der Waals surface area (Å²) in [7, 11) is 0. The van der Waals surface area contributed by atoms with Crippen LogP contribution in [0.25, 0.3) is 0 Å². The van der Waals surface area contributed by atoms with Crippen LogP contribution in [-0.4, -0.2) is 29.8 Å². The van der Waals surface area contributed by atoms with Crippen LogP contribution in [0.3, 0.4) is 0 Å². The van der Waals surface area contributed by atoms with Crippen LogP contribution in [0.15, 0.2) is 40.7 Å². The highest BCUT2D eigenvalue weighted by atomic mass is 16.3. The highest BCUT2D eigenvalue weighted by Gasteiger charge is 1.95. The Morgan fingerprint density at radius 1 is 1.29 bits per heavy atom. The first-order chi connectivity index (χ1) is 6.86. The number of nitrogens with zero attached hydrogens (tertiary/aromatic N) is 3. The highest BCUT2D eigenvalue weighted by Crippen LogP contribution is 2.10. The molecular weight excluding hydrogens is 178 g/mol. The summed E-state index contributed by atoms with van der Waals surface area (Å²) in [5.41, 5.74) is 0.823. The number of hydrogen-bond donors (Lipinski definition) is 1. The molecule has 0 heterocycles. The molecule has 4 heteroatoms. The van der Waals surface area contributed by atoms with Gasteiger partial charge in [0.25, 0.3) is 0 Å². The molecule has 0 spiro atoms. The molecule has 0 aliphatic heterocycles. The van der Waals surface area contributed by atoms with Crippen LogP contribution >= 0.6 is 0 Å². The maximum Gasteiger partial charge on any atom is 0.0874 e. The van der Waals surface area contributed by atoms with E-state index in [1.165, 1.54) is 0 Å². The van der Waals surface area contributed by atoms with Crippen molar-refractivity contribution in [2.24, 2.45) is 10.3 Å². The fraction of sp³-hybridized carbons (Fsp3) is 0.400. The Morgan fingerprint density at radius 2 is 2.00 bits per heavy atom. The van der Waals surface area contributed by atoms with Crippen LogP contribution in [0.2, 0.25) is 0 Å². The van der Waals surface area contributed by atoms with Gasteiger partial charge in [0.05, 0.1) is 18.8 Å². The van der Waals surface area contributed by atoms with E-state index in [0.717, 1.165) is 12.2 Å². The van der Waals surface area contributed by atoms with E-state index in [4.69, 9.17) is 5.11 Å². The normalized spacial score (nSPS) is 10.7. The van der Waals surface area contributed by atoms with Gasteiger partial charge < -0.3 is 5.11 Å². The highest BCUT2D eigenvalue weighted by molar-refractivity contribution is 5.34. The smallest absolute Gasteiger partial charge is 0.0874 e. The summed E-state index contributed by atoms with van der Waals surface area (Å²) in [6.07, 6.45) is 0. The molecule has 0 atom stereocenters. The number of aliphatic hydroxyl groups is 1. The lowest BCUT2D eigenvalue weighted by molar-refractivity contribution is 0.199. The van der Waals surface area contributed by atoms with Gasteiger partial charge in [-0.2, -0.15) is 0 Å². The molecule has 76 valence electrons. The summed E-state index contributed by atoms with van der Waals surface area (Å²) in [5, 5.41) is 18.5. The molecule has 0 radical (unpaired) electrons. The topological polar surface area (TPSA) is 48.2 Å². The molecule has 0 bridgehead atoms. The number of likely N-dealkylation sites (N-methyl/N-ethyl adjacent to an activating group) is 1. The van der Waals surface area contributed by atoms with Gasteiger partial charge in [-0.15, -0.1) is 5.11 Å². The molecule has 0 saturated carbocycles. The van der Waals surface area contributed by atoms with E-state index < -0.39 is 0 Å². The molecule has 1 N–H and O–H groups in total. The summed E-state index contributed by atoms with van der Waals surface area (Å²) in [5.74, 6) is 0. The minimum absolute atomic E-state index is 0.0989. The monoisotopic (exact) mass is 193 g/mol. The van der Waals surface area contributed by atoms with Gasteiger partial charge in [-0.3, -0.25) is 5.01 Å². The third kappa shape index (κ3) is 3.53. The molecule has 14 heavy (non-hydrogen) atoms. The molecule has 0 saturated heterocycles. The number of hydrogen-bond acceptors (Lipinski definition) is 3. The van der Waals surface area contributed by atoms with Crippen LogP contribution in [0.5, 0.6) is 0 Å². The van der Waals surface area contributed by atoms with Crippen molar-refractivity contribution < 1.29 is 5.11 Å². The van der Waals surface area contributed by atoms with Crippen molar-refractivity contribution >= 4 is 5.69 Å². The van der Waals surface area contributed by atoms with Crippen molar-refractivity contribution in [2.45, 2.75) is 6.92 Å². The van der Waals surface area contributed by atoms with Crippen molar-refractivity contribution in [3.63, 3.8) is 0 Å². The van der Waals surface area contributed by atoms with Crippen LogP contribution in [0.1, 0.15) is 6.92 Å². The zero-order chi connectivity index (χ0) is 10.2. The summed E-state index contributed by atoms with van der Waals surface area (Å²) in [4.78, 5) is 0. The van der Waals surface area contributed by atoms with E-state index in [0.29, 0.717) is 6.54 Å². The van der Waals surface area contributed by atoms with Gasteiger partial charge in [-0.25, -0.2) is 0 Å². The molecule has 0 fully saturated rings. The number of aliphatic hydroxyl groups excluding tert-OH is 1. The van der Waals surface area contributed by atoms with Crippen molar-refractivity contribution in [1.29, 1.82) is 0 Å². The van der Waals surface area contributed by atoms with E-state index in [1.807, 2.05) is 37.3 Å². The zero-order valence-corrected chi connectivity index (χ0v) is 8.30. The lowest BCUT2D eigenvalue weighted by Gasteiger charge is -2.12. The minimum atomic E-state index is 0.0989. The molecule has 0 aromatic heterocycles. The van der Waals surface area contributed by atoms with Gasteiger partial charge in [-0.05, 0) is 19.1 Å². The summed E-state index contributed by atoms with van der Waals surface area (Å²) >= 11 is 0. The van der Waals surface area contributed by atoms with E-state index >= 15 is 0 Å². The van der Waals surface area contributed by atoms with Crippen molar-refractivity contribution in [2.75, 3.05) is 19.7 Å². The quantitative estimate of drug-likeness (QED) is 0.574. The maximum absolute atomic E-state index is 8.72. The average molecular weight is 193 g/mol. The van der Waals surface area contributed by atoms with E-state index in [-0.39, 0.29) is 6.61 Å². The second-order valence-corrected chi connectivity index (χ2v) is 2.79. The first-order valence-corrected chi connectivity index (χ1v) is 4.69. The first kappa shape index (κ1) is 10.7. The SMILES string of the molecule is CCN(CCO)N=Nc1ccccc1. The van der Waals surface area contributed by atoms with Gasteiger partial charge >= 0.3 is 0 Å². The van der Waals surface area contributed by atoms with E-state index in [2.05, 4.69) is 10.3 Å². The molecule has 0 amide bonds. The number of rotatable bonds is 5. The molecule has 0 aliphatic rings. The second kappa shape index (κ2) is 6.10. The van der Waals surface area contributed by atoms with Crippen molar-refractivity contribution in [1.82, 2.24) is 5.01 Å². The van der Waals surface area contributed by atoms with Crippen LogP contribution < -0.4 is 0 Å². The third-order valence-electron chi connectivity index (χ3n) is 1.77. The van der Waals surface area contributed by atoms with Crippen LogP contribution in [0, 0.1) is 0 Å². The average Bonchev–Trinajstić information content (AvgIpc) is 2.25. The van der Waals surface area contributed by atoms with Gasteiger partial charge in [0.1, 0.15) is 0 Å². The van der Waals surface area contributed by atoms with Crippen LogP contribution in [-0.2, 0) is 0 Å². The Kier molecular flexibility index (Phi) is 4.64. The van der Waals surface area contributed by atoms with Gasteiger partial charge in [0.2, 0.25) is 0 Å². The lowest BCUT2D eigenvalue weighted by Crippen LogP contribution is -2.19. The van der Waals surface area contributed by atoms with Gasteiger partial charge in [0, 0.05) is 6.54 Å². The fourth-order valence-corrected chi connectivity index (χ4v) is 0.991. The predicted molar refractivity (Wildman–Crippen MR) is 55.3 cm³/mol. The Morgan fingerprint density at radius 3 is 2.57 bits per heavy atom. The van der Waals surface area contributed by atoms with E-state index in [1.54, 1.807) is 5.01 Å². The number of benzene rings is 1. The second-order valence-electron chi connectivity index (χ2n) is 2.79. The van der Waals surface area contributed by atoms with Crippen molar-refractivity contribution in [3.8, 4) is 0 Å². The standard InChI is InChI=1S/C10H15N3O/c1-2-13(8-9-14)12-11-10-6-4-3-5-7-10/h3-7,14H,2,8-9H2,1H3. The minimum Gasteiger partial charge on any atom is -0.394 e. The van der Waals surface area contributed by atoms with Gasteiger partial charge in [0.15, 0.2) is 0 Å². The molecule has 0 unspecified atom stereocenters. The molecule has 4 nitrogen and oxygen atoms in total. The lowest BCUT2D eigenvalue weighted by atomic mass is 10.3. The fourth-order valence-electron chi connectivity index (χ4n) is 0.991. The Hall–Kier alpha value is -1.42. The first-order valence-electron chi connectivity index (χ1n) is 4.69. The van der Waals surface area contributed by atoms with Gasteiger partial charge in [-0.1, -0.05) is 23.4 Å². The Labute approximate surface area is 83.9 Å². The van der Waals surface area contributed by atoms with E-state index in [9.17, 15) is 0 Å². The molecule has 1 aromatic rings. The van der Waals surface area contributed by atoms with Crippen LogP contribution in [0.4, 0.5) is 5.69 Å². The molecular formula is C10H15N3O. The largest absolute Gasteiger partial charge is 0.394 e. The molecule has 1 rings (SSSR count). The predicted octanol–water partition coefficient (Wildman–Crippen LogP) is 2.00. The maximum atomic E-state index is 8.72. The summed E-state index contributed by atoms with van der Waals surface area (Å²) in [6, 6.07) is 9.53.